The van der Waals surface area contributed by atoms with Crippen molar-refractivity contribution < 1.29 is 4.74 Å². The zero-order valence-electron chi connectivity index (χ0n) is 11.0. The van der Waals surface area contributed by atoms with Crippen LogP contribution in [0.5, 0.6) is 5.75 Å². The van der Waals surface area contributed by atoms with Gasteiger partial charge in [-0.15, -0.1) is 5.10 Å². The summed E-state index contributed by atoms with van der Waals surface area (Å²) in [5.74, 6) is 1.57. The van der Waals surface area contributed by atoms with Crippen LogP contribution in [0.4, 0.5) is 0 Å². The number of hydrogen-bond donors (Lipinski definition) is 0. The van der Waals surface area contributed by atoms with Crippen molar-refractivity contribution in [1.82, 2.24) is 14.6 Å². The lowest BCUT2D eigenvalue weighted by Crippen LogP contribution is -1.99. The second-order valence-corrected chi connectivity index (χ2v) is 4.52. The van der Waals surface area contributed by atoms with Gasteiger partial charge >= 0.3 is 0 Å². The van der Waals surface area contributed by atoms with E-state index < -0.39 is 0 Å². The number of hydrogen-bond acceptors (Lipinski definition) is 3. The van der Waals surface area contributed by atoms with Gasteiger partial charge < -0.3 is 4.74 Å². The SMILES string of the molecule is Cc1ccccc1OCc1nc2cccc(C)n2n1. The summed E-state index contributed by atoms with van der Waals surface area (Å²) in [6.45, 7) is 4.41. The first-order valence-corrected chi connectivity index (χ1v) is 6.24. The summed E-state index contributed by atoms with van der Waals surface area (Å²) in [5, 5.41) is 4.44. The van der Waals surface area contributed by atoms with E-state index in [1.54, 1.807) is 0 Å². The van der Waals surface area contributed by atoms with Crippen LogP contribution < -0.4 is 4.74 Å². The smallest absolute Gasteiger partial charge is 0.189 e. The van der Waals surface area contributed by atoms with Crippen molar-refractivity contribution in [2.45, 2.75) is 20.5 Å². The van der Waals surface area contributed by atoms with Gasteiger partial charge in [-0.3, -0.25) is 0 Å². The maximum absolute atomic E-state index is 5.75. The van der Waals surface area contributed by atoms with Crippen molar-refractivity contribution in [3.63, 3.8) is 0 Å². The minimum Gasteiger partial charge on any atom is -0.485 e. The van der Waals surface area contributed by atoms with Crippen molar-refractivity contribution in [2.75, 3.05) is 0 Å². The zero-order valence-corrected chi connectivity index (χ0v) is 11.0. The zero-order chi connectivity index (χ0) is 13.2. The molecule has 0 N–H and O–H groups in total. The molecule has 3 rings (SSSR count). The lowest BCUT2D eigenvalue weighted by atomic mass is 10.2. The molecule has 4 heteroatoms. The summed E-state index contributed by atoms with van der Waals surface area (Å²) in [6.07, 6.45) is 0. The number of para-hydroxylation sites is 1. The standard InChI is InChI=1S/C15H15N3O/c1-11-6-3-4-8-13(11)19-10-14-16-15-9-5-7-12(2)18(15)17-14/h3-9H,10H2,1-2H3. The van der Waals surface area contributed by atoms with Crippen LogP contribution in [0.1, 0.15) is 17.1 Å². The number of aryl methyl sites for hydroxylation is 2. The Kier molecular flexibility index (Phi) is 2.91. The number of rotatable bonds is 3. The summed E-state index contributed by atoms with van der Waals surface area (Å²) < 4.78 is 7.58. The normalized spacial score (nSPS) is 10.8. The van der Waals surface area contributed by atoms with E-state index in [4.69, 9.17) is 4.74 Å². The Morgan fingerprint density at radius 2 is 1.89 bits per heavy atom. The lowest BCUT2D eigenvalue weighted by Gasteiger charge is -2.05. The first-order valence-electron chi connectivity index (χ1n) is 6.24. The van der Waals surface area contributed by atoms with Gasteiger partial charge in [-0.1, -0.05) is 24.3 Å². The summed E-state index contributed by atoms with van der Waals surface area (Å²) >= 11 is 0. The molecule has 0 aliphatic rings. The molecular formula is C15H15N3O. The average Bonchev–Trinajstić information content (AvgIpc) is 2.82. The third-order valence-corrected chi connectivity index (χ3v) is 3.04. The Morgan fingerprint density at radius 1 is 1.05 bits per heavy atom. The molecule has 0 unspecified atom stereocenters. The quantitative estimate of drug-likeness (QED) is 0.720. The Labute approximate surface area is 111 Å². The van der Waals surface area contributed by atoms with Crippen LogP contribution in [0.15, 0.2) is 42.5 Å². The molecule has 1 aromatic carbocycles. The third-order valence-electron chi connectivity index (χ3n) is 3.04. The highest BCUT2D eigenvalue weighted by atomic mass is 16.5. The Balaban J connectivity index is 1.83. The fourth-order valence-corrected chi connectivity index (χ4v) is 2.00. The molecule has 0 saturated carbocycles. The highest BCUT2D eigenvalue weighted by Gasteiger charge is 2.06. The molecule has 0 atom stereocenters. The second-order valence-electron chi connectivity index (χ2n) is 4.52. The molecule has 96 valence electrons. The lowest BCUT2D eigenvalue weighted by molar-refractivity contribution is 0.294. The summed E-state index contributed by atoms with van der Waals surface area (Å²) in [7, 11) is 0. The van der Waals surface area contributed by atoms with Crippen molar-refractivity contribution in [2.24, 2.45) is 0 Å². The predicted molar refractivity (Wildman–Crippen MR) is 73.2 cm³/mol. The molecule has 4 nitrogen and oxygen atoms in total. The fourth-order valence-electron chi connectivity index (χ4n) is 2.00. The molecule has 0 fully saturated rings. The molecule has 0 amide bonds. The molecule has 0 spiro atoms. The predicted octanol–water partition coefficient (Wildman–Crippen LogP) is 2.93. The summed E-state index contributed by atoms with van der Waals surface area (Å²) in [5.41, 5.74) is 3.03. The van der Waals surface area contributed by atoms with Gasteiger partial charge in [0.25, 0.3) is 0 Å². The molecule has 0 radical (unpaired) electrons. The van der Waals surface area contributed by atoms with Crippen molar-refractivity contribution in [3.8, 4) is 5.75 Å². The van der Waals surface area contributed by atoms with Crippen LogP contribution in [-0.2, 0) is 6.61 Å². The number of ether oxygens (including phenoxy) is 1. The fraction of sp³-hybridized carbons (Fsp3) is 0.200. The monoisotopic (exact) mass is 253 g/mol. The average molecular weight is 253 g/mol. The van der Waals surface area contributed by atoms with E-state index in [0.29, 0.717) is 12.4 Å². The van der Waals surface area contributed by atoms with Gasteiger partial charge in [-0.25, -0.2) is 9.50 Å². The van der Waals surface area contributed by atoms with Crippen molar-refractivity contribution >= 4 is 5.65 Å². The number of pyridine rings is 1. The molecule has 3 aromatic rings. The highest BCUT2D eigenvalue weighted by Crippen LogP contribution is 2.17. The molecule has 0 aliphatic carbocycles. The Morgan fingerprint density at radius 3 is 2.68 bits per heavy atom. The van der Waals surface area contributed by atoms with E-state index in [0.717, 1.165) is 22.7 Å². The number of fused-ring (bicyclic) bond motifs is 1. The van der Waals surface area contributed by atoms with Crippen LogP contribution in [0.25, 0.3) is 5.65 Å². The minimum absolute atomic E-state index is 0.381. The molecule has 0 aliphatic heterocycles. The van der Waals surface area contributed by atoms with Gasteiger partial charge in [0.2, 0.25) is 0 Å². The van der Waals surface area contributed by atoms with Crippen LogP contribution >= 0.6 is 0 Å². The first kappa shape index (κ1) is 11.7. The van der Waals surface area contributed by atoms with E-state index in [-0.39, 0.29) is 0 Å². The summed E-state index contributed by atoms with van der Waals surface area (Å²) in [6, 6.07) is 13.9. The summed E-state index contributed by atoms with van der Waals surface area (Å²) in [4.78, 5) is 4.45. The first-order chi connectivity index (χ1) is 9.24. The van der Waals surface area contributed by atoms with E-state index in [1.165, 1.54) is 0 Å². The van der Waals surface area contributed by atoms with E-state index in [9.17, 15) is 0 Å². The van der Waals surface area contributed by atoms with Crippen molar-refractivity contribution in [1.29, 1.82) is 0 Å². The van der Waals surface area contributed by atoms with Gasteiger partial charge in [-0.05, 0) is 37.6 Å². The van der Waals surface area contributed by atoms with Crippen molar-refractivity contribution in [3.05, 3.63) is 59.5 Å². The van der Waals surface area contributed by atoms with E-state index in [2.05, 4.69) is 10.1 Å². The van der Waals surface area contributed by atoms with E-state index in [1.807, 2.05) is 60.8 Å². The molecule has 19 heavy (non-hydrogen) atoms. The molecule has 0 saturated heterocycles. The van der Waals surface area contributed by atoms with Gasteiger partial charge in [0.1, 0.15) is 12.4 Å². The Hall–Kier alpha value is -2.36. The Bertz CT molecular complexity index is 718. The number of aromatic nitrogens is 3. The minimum atomic E-state index is 0.381. The number of benzene rings is 1. The topological polar surface area (TPSA) is 39.4 Å². The van der Waals surface area contributed by atoms with Crippen LogP contribution in [0.3, 0.4) is 0 Å². The molecular weight excluding hydrogens is 238 g/mol. The number of nitrogens with zero attached hydrogens (tertiary/aromatic N) is 3. The van der Waals surface area contributed by atoms with Crippen LogP contribution in [-0.4, -0.2) is 14.6 Å². The second kappa shape index (κ2) is 4.72. The largest absolute Gasteiger partial charge is 0.485 e. The maximum atomic E-state index is 5.75. The molecule has 2 aromatic heterocycles. The van der Waals surface area contributed by atoms with Gasteiger partial charge in [0.15, 0.2) is 11.5 Å². The van der Waals surface area contributed by atoms with Gasteiger partial charge in [-0.2, -0.15) is 0 Å². The van der Waals surface area contributed by atoms with Gasteiger partial charge in [0.05, 0.1) is 0 Å². The van der Waals surface area contributed by atoms with E-state index >= 15 is 0 Å². The van der Waals surface area contributed by atoms with Gasteiger partial charge in [0, 0.05) is 5.69 Å². The molecule has 2 heterocycles. The van der Waals surface area contributed by atoms with Crippen LogP contribution in [0.2, 0.25) is 0 Å². The maximum Gasteiger partial charge on any atom is 0.189 e. The third kappa shape index (κ3) is 2.29. The highest BCUT2D eigenvalue weighted by molar-refractivity contribution is 5.38. The van der Waals surface area contributed by atoms with Crippen LogP contribution in [0, 0.1) is 13.8 Å². The molecule has 0 bridgehead atoms.